The SMILES string of the molecule is Cc1noc(C)c1S(=O)(=O)N(CC(=O)O)C(C)(C)C. The van der Waals surface area contributed by atoms with Crippen molar-refractivity contribution in [1.29, 1.82) is 0 Å². The number of carbonyl (C=O) groups is 1. The smallest absolute Gasteiger partial charge is 0.318 e. The Bertz CT molecular complexity index is 563. The van der Waals surface area contributed by atoms with Crippen LogP contribution < -0.4 is 0 Å². The largest absolute Gasteiger partial charge is 0.480 e. The first kappa shape index (κ1) is 15.6. The van der Waals surface area contributed by atoms with Gasteiger partial charge in [0.2, 0.25) is 10.0 Å². The molecule has 1 rings (SSSR count). The minimum Gasteiger partial charge on any atom is -0.480 e. The molecule has 1 aromatic rings. The lowest BCUT2D eigenvalue weighted by molar-refractivity contribution is -0.138. The van der Waals surface area contributed by atoms with E-state index in [1.54, 1.807) is 20.8 Å². The van der Waals surface area contributed by atoms with E-state index >= 15 is 0 Å². The number of sulfonamides is 1. The zero-order valence-corrected chi connectivity index (χ0v) is 12.4. The first-order chi connectivity index (χ1) is 8.48. The van der Waals surface area contributed by atoms with Gasteiger partial charge >= 0.3 is 5.97 Å². The molecule has 1 N–H and O–H groups in total. The number of hydrogen-bond donors (Lipinski definition) is 1. The zero-order valence-electron chi connectivity index (χ0n) is 11.6. The topological polar surface area (TPSA) is 101 Å². The van der Waals surface area contributed by atoms with Crippen LogP contribution in [0.1, 0.15) is 32.2 Å². The van der Waals surface area contributed by atoms with E-state index in [4.69, 9.17) is 9.63 Å². The van der Waals surface area contributed by atoms with E-state index in [1.165, 1.54) is 13.8 Å². The molecule has 0 spiro atoms. The molecule has 0 bridgehead atoms. The van der Waals surface area contributed by atoms with Gasteiger partial charge in [-0.3, -0.25) is 4.79 Å². The van der Waals surface area contributed by atoms with Crippen LogP contribution in [0.15, 0.2) is 9.42 Å². The molecule has 108 valence electrons. The summed E-state index contributed by atoms with van der Waals surface area (Å²) in [6.45, 7) is 7.26. The Kier molecular flexibility index (Phi) is 4.06. The highest BCUT2D eigenvalue weighted by molar-refractivity contribution is 7.89. The number of carboxylic acid groups (broad SMARTS) is 1. The quantitative estimate of drug-likeness (QED) is 0.893. The van der Waals surface area contributed by atoms with Crippen molar-refractivity contribution in [3.63, 3.8) is 0 Å². The van der Waals surface area contributed by atoms with Gasteiger partial charge in [0.25, 0.3) is 0 Å². The first-order valence-electron chi connectivity index (χ1n) is 5.65. The molecule has 0 atom stereocenters. The van der Waals surface area contributed by atoms with E-state index in [9.17, 15) is 13.2 Å². The second kappa shape index (κ2) is 4.93. The number of aromatic nitrogens is 1. The maximum absolute atomic E-state index is 12.6. The van der Waals surface area contributed by atoms with Gasteiger partial charge in [0.05, 0.1) is 0 Å². The highest BCUT2D eigenvalue weighted by Gasteiger charge is 2.38. The average Bonchev–Trinajstić information content (AvgIpc) is 2.53. The third kappa shape index (κ3) is 3.13. The van der Waals surface area contributed by atoms with Crippen LogP contribution in [0.25, 0.3) is 0 Å². The number of nitrogens with zero attached hydrogens (tertiary/aromatic N) is 2. The Hall–Kier alpha value is -1.41. The van der Waals surface area contributed by atoms with E-state index in [-0.39, 0.29) is 16.3 Å². The molecule has 0 saturated heterocycles. The molecule has 1 aromatic heterocycles. The average molecular weight is 290 g/mol. The second-order valence-corrected chi connectivity index (χ2v) is 7.03. The Morgan fingerprint density at radius 2 is 1.89 bits per heavy atom. The minimum atomic E-state index is -3.98. The molecule has 0 amide bonds. The van der Waals surface area contributed by atoms with Gasteiger partial charge in [-0.15, -0.1) is 0 Å². The van der Waals surface area contributed by atoms with Crippen molar-refractivity contribution in [3.05, 3.63) is 11.5 Å². The summed E-state index contributed by atoms with van der Waals surface area (Å²) in [5, 5.41) is 12.5. The maximum Gasteiger partial charge on any atom is 0.318 e. The van der Waals surface area contributed by atoms with E-state index in [0.29, 0.717) is 0 Å². The summed E-state index contributed by atoms with van der Waals surface area (Å²) in [5.74, 6) is -1.07. The lowest BCUT2D eigenvalue weighted by Gasteiger charge is -2.32. The zero-order chi connectivity index (χ0) is 15.0. The molecule has 0 unspecified atom stereocenters. The molecule has 0 fully saturated rings. The lowest BCUT2D eigenvalue weighted by Crippen LogP contribution is -2.48. The third-order valence-electron chi connectivity index (χ3n) is 2.54. The predicted octanol–water partition coefficient (Wildman–Crippen LogP) is 1.17. The van der Waals surface area contributed by atoms with Crippen LogP contribution in [0, 0.1) is 13.8 Å². The summed E-state index contributed by atoms with van der Waals surface area (Å²) in [7, 11) is -3.98. The molecule has 7 nitrogen and oxygen atoms in total. The predicted molar refractivity (Wildman–Crippen MR) is 67.3 cm³/mol. The molecule has 19 heavy (non-hydrogen) atoms. The summed E-state index contributed by atoms with van der Waals surface area (Å²) >= 11 is 0. The van der Waals surface area contributed by atoms with Crippen molar-refractivity contribution in [2.24, 2.45) is 0 Å². The summed E-state index contributed by atoms with van der Waals surface area (Å²) in [6.07, 6.45) is 0. The van der Waals surface area contributed by atoms with Gasteiger partial charge in [-0.2, -0.15) is 4.31 Å². The van der Waals surface area contributed by atoms with Crippen molar-refractivity contribution in [2.75, 3.05) is 6.54 Å². The van der Waals surface area contributed by atoms with E-state index in [1.807, 2.05) is 0 Å². The maximum atomic E-state index is 12.6. The van der Waals surface area contributed by atoms with E-state index in [0.717, 1.165) is 4.31 Å². The van der Waals surface area contributed by atoms with Crippen LogP contribution in [-0.4, -0.2) is 41.0 Å². The Morgan fingerprint density at radius 1 is 1.37 bits per heavy atom. The highest BCUT2D eigenvalue weighted by atomic mass is 32.2. The van der Waals surface area contributed by atoms with Gasteiger partial charge in [0.15, 0.2) is 5.76 Å². The van der Waals surface area contributed by atoms with Gasteiger partial charge in [-0.05, 0) is 34.6 Å². The summed E-state index contributed by atoms with van der Waals surface area (Å²) in [4.78, 5) is 10.8. The second-order valence-electron chi connectivity index (χ2n) is 5.23. The van der Waals surface area contributed by atoms with Crippen LogP contribution in [-0.2, 0) is 14.8 Å². The number of aryl methyl sites for hydroxylation is 2. The standard InChI is InChI=1S/C11H18N2O5S/c1-7-10(8(2)18-12-7)19(16,17)13(6-9(14)15)11(3,4)5/h6H2,1-5H3,(H,14,15). The molecular formula is C11H18N2O5S. The van der Waals surface area contributed by atoms with E-state index < -0.39 is 28.1 Å². The number of carboxylic acids is 1. The fourth-order valence-electron chi connectivity index (χ4n) is 1.76. The molecule has 0 saturated carbocycles. The van der Waals surface area contributed by atoms with Crippen LogP contribution in [0.5, 0.6) is 0 Å². The molecule has 0 aliphatic carbocycles. The molecule has 0 radical (unpaired) electrons. The number of hydrogen-bond acceptors (Lipinski definition) is 5. The monoisotopic (exact) mass is 290 g/mol. The molecule has 8 heteroatoms. The Labute approximate surface area is 112 Å². The van der Waals surface area contributed by atoms with Gasteiger partial charge in [0, 0.05) is 5.54 Å². The lowest BCUT2D eigenvalue weighted by atomic mass is 10.1. The van der Waals surface area contributed by atoms with Gasteiger partial charge in [-0.1, -0.05) is 5.16 Å². The Balaban J connectivity index is 3.41. The molecule has 1 heterocycles. The fourth-order valence-corrected chi connectivity index (χ4v) is 3.79. The van der Waals surface area contributed by atoms with Gasteiger partial charge in [-0.25, -0.2) is 8.42 Å². The van der Waals surface area contributed by atoms with Gasteiger partial charge in [0.1, 0.15) is 17.1 Å². The van der Waals surface area contributed by atoms with Crippen molar-refractivity contribution in [3.8, 4) is 0 Å². The molecule has 0 aromatic carbocycles. The van der Waals surface area contributed by atoms with Crippen molar-refractivity contribution >= 4 is 16.0 Å². The van der Waals surface area contributed by atoms with Gasteiger partial charge < -0.3 is 9.63 Å². The van der Waals surface area contributed by atoms with Crippen molar-refractivity contribution in [2.45, 2.75) is 45.1 Å². The van der Waals surface area contributed by atoms with Crippen molar-refractivity contribution < 1.29 is 22.8 Å². The molecule has 0 aliphatic rings. The Morgan fingerprint density at radius 3 is 2.21 bits per heavy atom. The minimum absolute atomic E-state index is 0.0660. The molecular weight excluding hydrogens is 272 g/mol. The summed E-state index contributed by atoms with van der Waals surface area (Å²) < 4.78 is 30.9. The fraction of sp³-hybridized carbons (Fsp3) is 0.636. The van der Waals surface area contributed by atoms with Crippen LogP contribution in [0.4, 0.5) is 0 Å². The van der Waals surface area contributed by atoms with Crippen molar-refractivity contribution in [1.82, 2.24) is 9.46 Å². The van der Waals surface area contributed by atoms with Crippen LogP contribution >= 0.6 is 0 Å². The summed E-state index contributed by atoms with van der Waals surface area (Å²) in [5.41, 5.74) is -0.648. The number of aliphatic carboxylic acids is 1. The highest BCUT2D eigenvalue weighted by Crippen LogP contribution is 2.28. The summed E-state index contributed by atoms with van der Waals surface area (Å²) in [6, 6.07) is 0. The van der Waals surface area contributed by atoms with Crippen LogP contribution in [0.3, 0.4) is 0 Å². The normalized spacial score (nSPS) is 12.9. The van der Waals surface area contributed by atoms with Crippen LogP contribution in [0.2, 0.25) is 0 Å². The molecule has 0 aliphatic heterocycles. The van der Waals surface area contributed by atoms with E-state index in [2.05, 4.69) is 5.16 Å². The number of rotatable bonds is 4. The first-order valence-corrected chi connectivity index (χ1v) is 7.09. The third-order valence-corrected chi connectivity index (χ3v) is 4.90.